The SMILES string of the molecule is NC(=O)Nc1ccc(-c2ccc(Cl)cc2)cn1. The lowest BCUT2D eigenvalue weighted by molar-refractivity contribution is 0.259. The first-order valence-electron chi connectivity index (χ1n) is 4.93. The van der Waals surface area contributed by atoms with Crippen molar-refractivity contribution in [1.29, 1.82) is 0 Å². The average molecular weight is 248 g/mol. The molecule has 0 bridgehead atoms. The van der Waals surface area contributed by atoms with Crippen molar-refractivity contribution >= 4 is 23.4 Å². The minimum atomic E-state index is -0.628. The summed E-state index contributed by atoms with van der Waals surface area (Å²) in [5.74, 6) is 0.426. The van der Waals surface area contributed by atoms with Gasteiger partial charge in [-0.15, -0.1) is 0 Å². The number of anilines is 1. The lowest BCUT2D eigenvalue weighted by Gasteiger charge is -2.03. The van der Waals surface area contributed by atoms with Gasteiger partial charge < -0.3 is 5.73 Å². The standard InChI is InChI=1S/C12H10ClN3O/c13-10-4-1-8(2-5-10)9-3-6-11(15-7-9)16-12(14)17/h1-7H,(H3,14,15,16,17). The maximum Gasteiger partial charge on any atom is 0.317 e. The van der Waals surface area contributed by atoms with Gasteiger partial charge in [-0.25, -0.2) is 9.78 Å². The van der Waals surface area contributed by atoms with Crippen molar-refractivity contribution in [2.24, 2.45) is 5.73 Å². The number of carbonyl (C=O) groups is 1. The largest absolute Gasteiger partial charge is 0.351 e. The Labute approximate surface area is 103 Å². The number of benzene rings is 1. The van der Waals surface area contributed by atoms with E-state index in [2.05, 4.69) is 10.3 Å². The Morgan fingerprint density at radius 1 is 1.12 bits per heavy atom. The van der Waals surface area contributed by atoms with E-state index in [4.69, 9.17) is 17.3 Å². The van der Waals surface area contributed by atoms with Gasteiger partial charge in [-0.1, -0.05) is 23.7 Å². The molecule has 0 aliphatic rings. The molecule has 0 fully saturated rings. The van der Waals surface area contributed by atoms with Crippen molar-refractivity contribution in [2.75, 3.05) is 5.32 Å². The molecule has 0 saturated heterocycles. The molecule has 0 spiro atoms. The predicted octanol–water partition coefficient (Wildman–Crippen LogP) is 2.89. The molecule has 0 unspecified atom stereocenters. The van der Waals surface area contributed by atoms with Crippen LogP contribution in [0, 0.1) is 0 Å². The highest BCUT2D eigenvalue weighted by molar-refractivity contribution is 6.30. The first-order valence-corrected chi connectivity index (χ1v) is 5.31. The number of pyridine rings is 1. The molecular weight excluding hydrogens is 238 g/mol. The summed E-state index contributed by atoms with van der Waals surface area (Å²) < 4.78 is 0. The molecule has 0 saturated carbocycles. The van der Waals surface area contributed by atoms with Gasteiger partial charge in [-0.05, 0) is 29.8 Å². The van der Waals surface area contributed by atoms with Crippen molar-refractivity contribution in [1.82, 2.24) is 4.98 Å². The van der Waals surface area contributed by atoms with Crippen LogP contribution < -0.4 is 11.1 Å². The van der Waals surface area contributed by atoms with Crippen molar-refractivity contribution in [2.45, 2.75) is 0 Å². The van der Waals surface area contributed by atoms with Crippen molar-refractivity contribution in [3.8, 4) is 11.1 Å². The Morgan fingerprint density at radius 2 is 1.76 bits per heavy atom. The summed E-state index contributed by atoms with van der Waals surface area (Å²) in [6.07, 6.45) is 1.66. The number of primary amides is 1. The summed E-state index contributed by atoms with van der Waals surface area (Å²) in [5, 5.41) is 3.09. The molecule has 1 heterocycles. The fourth-order valence-electron chi connectivity index (χ4n) is 1.41. The maximum absolute atomic E-state index is 10.6. The van der Waals surface area contributed by atoms with Crippen LogP contribution in [-0.4, -0.2) is 11.0 Å². The van der Waals surface area contributed by atoms with E-state index in [0.717, 1.165) is 11.1 Å². The van der Waals surface area contributed by atoms with Crippen LogP contribution in [0.4, 0.5) is 10.6 Å². The number of nitrogens with zero attached hydrogens (tertiary/aromatic N) is 1. The summed E-state index contributed by atoms with van der Waals surface area (Å²) in [7, 11) is 0. The topological polar surface area (TPSA) is 68.0 Å². The Kier molecular flexibility index (Phi) is 3.25. The second-order valence-corrected chi connectivity index (χ2v) is 3.86. The summed E-state index contributed by atoms with van der Waals surface area (Å²) >= 11 is 5.80. The molecule has 3 N–H and O–H groups in total. The van der Waals surface area contributed by atoms with Gasteiger partial charge >= 0.3 is 6.03 Å². The number of nitrogens with one attached hydrogen (secondary N) is 1. The molecule has 4 nitrogen and oxygen atoms in total. The third-order valence-corrected chi connectivity index (χ3v) is 2.44. The van der Waals surface area contributed by atoms with Gasteiger partial charge in [-0.3, -0.25) is 5.32 Å². The second kappa shape index (κ2) is 4.84. The van der Waals surface area contributed by atoms with Crippen LogP contribution in [0.3, 0.4) is 0 Å². The number of aromatic nitrogens is 1. The Balaban J connectivity index is 2.23. The predicted molar refractivity (Wildman–Crippen MR) is 67.9 cm³/mol. The molecule has 5 heteroatoms. The van der Waals surface area contributed by atoms with Crippen LogP contribution in [0.2, 0.25) is 5.02 Å². The molecule has 1 aromatic heterocycles. The summed E-state index contributed by atoms with van der Waals surface area (Å²) in [5.41, 5.74) is 6.93. The molecule has 0 atom stereocenters. The minimum absolute atomic E-state index is 0.426. The van der Waals surface area contributed by atoms with Crippen LogP contribution in [0.15, 0.2) is 42.6 Å². The van der Waals surface area contributed by atoms with Gasteiger partial charge in [-0.2, -0.15) is 0 Å². The lowest BCUT2D eigenvalue weighted by Crippen LogP contribution is -2.19. The molecule has 2 amide bonds. The minimum Gasteiger partial charge on any atom is -0.351 e. The highest BCUT2D eigenvalue weighted by atomic mass is 35.5. The highest BCUT2D eigenvalue weighted by Gasteiger charge is 2.00. The van der Waals surface area contributed by atoms with Gasteiger partial charge in [0.25, 0.3) is 0 Å². The van der Waals surface area contributed by atoms with Crippen LogP contribution in [0.25, 0.3) is 11.1 Å². The van der Waals surface area contributed by atoms with Crippen molar-refractivity contribution in [3.05, 3.63) is 47.6 Å². The maximum atomic E-state index is 10.6. The molecule has 1 aromatic carbocycles. The number of carbonyl (C=O) groups excluding carboxylic acids is 1. The Bertz CT molecular complexity index is 522. The number of halogens is 1. The van der Waals surface area contributed by atoms with E-state index in [1.807, 2.05) is 30.3 Å². The number of amides is 2. The van der Waals surface area contributed by atoms with Gasteiger partial charge in [0.15, 0.2) is 0 Å². The Hall–Kier alpha value is -2.07. The van der Waals surface area contributed by atoms with E-state index in [-0.39, 0.29) is 0 Å². The molecule has 0 aliphatic carbocycles. The number of hydrogen-bond donors (Lipinski definition) is 2. The fourth-order valence-corrected chi connectivity index (χ4v) is 1.53. The summed E-state index contributed by atoms with van der Waals surface area (Å²) in [6.45, 7) is 0. The normalized spacial score (nSPS) is 9.94. The van der Waals surface area contributed by atoms with E-state index in [1.54, 1.807) is 12.3 Å². The fraction of sp³-hybridized carbons (Fsp3) is 0. The van der Waals surface area contributed by atoms with E-state index in [9.17, 15) is 4.79 Å². The zero-order chi connectivity index (χ0) is 12.3. The van der Waals surface area contributed by atoms with E-state index < -0.39 is 6.03 Å². The zero-order valence-electron chi connectivity index (χ0n) is 8.85. The quantitative estimate of drug-likeness (QED) is 0.857. The summed E-state index contributed by atoms with van der Waals surface area (Å²) in [4.78, 5) is 14.7. The average Bonchev–Trinajstić information content (AvgIpc) is 2.30. The second-order valence-electron chi connectivity index (χ2n) is 3.43. The molecule has 86 valence electrons. The third-order valence-electron chi connectivity index (χ3n) is 2.19. The number of rotatable bonds is 2. The zero-order valence-corrected chi connectivity index (χ0v) is 9.61. The van der Waals surface area contributed by atoms with Crippen LogP contribution >= 0.6 is 11.6 Å². The van der Waals surface area contributed by atoms with Crippen LogP contribution in [0.1, 0.15) is 0 Å². The molecular formula is C12H10ClN3O. The Morgan fingerprint density at radius 3 is 2.29 bits per heavy atom. The first kappa shape index (κ1) is 11.4. The molecule has 0 aliphatic heterocycles. The number of hydrogen-bond acceptors (Lipinski definition) is 2. The number of urea groups is 1. The van der Waals surface area contributed by atoms with Gasteiger partial charge in [0, 0.05) is 16.8 Å². The van der Waals surface area contributed by atoms with E-state index in [1.165, 1.54) is 0 Å². The lowest BCUT2D eigenvalue weighted by atomic mass is 10.1. The van der Waals surface area contributed by atoms with Crippen molar-refractivity contribution < 1.29 is 4.79 Å². The first-order chi connectivity index (χ1) is 8.15. The molecule has 2 aromatic rings. The summed E-state index contributed by atoms with van der Waals surface area (Å²) in [6, 6.07) is 10.3. The van der Waals surface area contributed by atoms with E-state index >= 15 is 0 Å². The van der Waals surface area contributed by atoms with Gasteiger partial charge in [0.05, 0.1) is 0 Å². The molecule has 0 radical (unpaired) electrons. The third kappa shape index (κ3) is 2.95. The number of nitrogens with two attached hydrogens (primary N) is 1. The monoisotopic (exact) mass is 247 g/mol. The molecule has 2 rings (SSSR count). The van der Waals surface area contributed by atoms with Gasteiger partial charge in [0.2, 0.25) is 0 Å². The molecule has 17 heavy (non-hydrogen) atoms. The van der Waals surface area contributed by atoms with E-state index in [0.29, 0.717) is 10.8 Å². The van der Waals surface area contributed by atoms with Gasteiger partial charge in [0.1, 0.15) is 5.82 Å². The smallest absolute Gasteiger partial charge is 0.317 e. The van der Waals surface area contributed by atoms with Crippen molar-refractivity contribution in [3.63, 3.8) is 0 Å². The van der Waals surface area contributed by atoms with Crippen LogP contribution in [-0.2, 0) is 0 Å². The highest BCUT2D eigenvalue weighted by Crippen LogP contribution is 2.21. The van der Waals surface area contributed by atoms with Crippen LogP contribution in [0.5, 0.6) is 0 Å².